The highest BCUT2D eigenvalue weighted by atomic mass is 32.3. The molecule has 0 saturated carbocycles. The highest BCUT2D eigenvalue weighted by Gasteiger charge is 2.50. The van der Waals surface area contributed by atoms with Gasteiger partial charge in [0.2, 0.25) is 0 Å². The highest BCUT2D eigenvalue weighted by Crippen LogP contribution is 2.34. The van der Waals surface area contributed by atoms with Crippen LogP contribution < -0.4 is 0 Å². The first-order chi connectivity index (χ1) is 8.20. The van der Waals surface area contributed by atoms with Gasteiger partial charge < -0.3 is 16.5 Å². The van der Waals surface area contributed by atoms with Crippen LogP contribution in [0.25, 0.3) is 0 Å². The van der Waals surface area contributed by atoms with Crippen LogP contribution in [0.5, 0.6) is 0 Å². The predicted octanol–water partition coefficient (Wildman–Crippen LogP) is 2.49. The van der Waals surface area contributed by atoms with Gasteiger partial charge in [-0.2, -0.15) is 12.6 Å². The van der Waals surface area contributed by atoms with Crippen molar-refractivity contribution < 1.29 is 16.5 Å². The topological polar surface area (TPSA) is 36.9 Å². The van der Waals surface area contributed by atoms with E-state index in [1.54, 1.807) is 0 Å². The molecule has 2 unspecified atom stereocenters. The van der Waals surface area contributed by atoms with Crippen LogP contribution in [0.3, 0.4) is 0 Å². The summed E-state index contributed by atoms with van der Waals surface area (Å²) in [5, 5.41) is 0. The predicted molar refractivity (Wildman–Crippen MR) is 101 cm³/mol. The fourth-order valence-corrected chi connectivity index (χ4v) is 25.3. The van der Waals surface area contributed by atoms with Crippen LogP contribution in [-0.2, 0) is 16.5 Å². The van der Waals surface area contributed by atoms with Crippen molar-refractivity contribution >= 4 is 81.3 Å². The minimum absolute atomic E-state index is 0.172. The molecule has 0 aliphatic carbocycles. The molecule has 0 aromatic rings. The molecule has 19 heavy (non-hydrogen) atoms. The van der Waals surface area contributed by atoms with Crippen molar-refractivity contribution in [1.29, 1.82) is 0 Å². The smallest absolute Gasteiger partial charge is 0.383 e. The van der Waals surface area contributed by atoms with Gasteiger partial charge in [0.15, 0.2) is 0 Å². The average Bonchev–Trinajstić information content (AvgIpc) is 1.87. The summed E-state index contributed by atoms with van der Waals surface area (Å²) in [6, 6.07) is 0.736. The third-order valence-corrected chi connectivity index (χ3v) is 20.8. The molecule has 0 bridgehead atoms. The molecule has 114 valence electrons. The van der Waals surface area contributed by atoms with Crippen LogP contribution in [0.4, 0.5) is 0 Å². The molecule has 1 aliphatic heterocycles. The van der Waals surface area contributed by atoms with E-state index in [-0.39, 0.29) is 4.75 Å². The fraction of sp³-hybridized carbons (Fsp3) is 1.00. The normalized spacial score (nSPS) is 45.6. The second-order valence-electron chi connectivity index (χ2n) is 5.58. The van der Waals surface area contributed by atoms with Gasteiger partial charge in [-0.15, -0.1) is 36.2 Å². The fourth-order valence-electron chi connectivity index (χ4n) is 1.77. The van der Waals surface area contributed by atoms with Gasteiger partial charge >= 0.3 is 32.4 Å². The zero-order valence-corrected chi connectivity index (χ0v) is 19.4. The molecule has 0 amide bonds. The Morgan fingerprint density at radius 1 is 0.895 bits per heavy atom. The number of thiol groups is 4. The van der Waals surface area contributed by atoms with E-state index in [0.29, 0.717) is 0 Å². The van der Waals surface area contributed by atoms with Crippen LogP contribution in [0.1, 0.15) is 13.8 Å². The first-order valence-electron chi connectivity index (χ1n) is 5.85. The van der Waals surface area contributed by atoms with Gasteiger partial charge in [-0.25, -0.2) is 0 Å². The van der Waals surface area contributed by atoms with Gasteiger partial charge in [0.05, 0.1) is 0 Å². The van der Waals surface area contributed by atoms with Crippen molar-refractivity contribution in [3.63, 3.8) is 0 Å². The molecule has 0 spiro atoms. The lowest BCUT2D eigenvalue weighted by Crippen LogP contribution is -2.59. The first kappa shape index (κ1) is 19.2. The maximum Gasteiger partial charge on any atom is 0.383 e. The average molecular weight is 411 g/mol. The number of hydrogen-bond acceptors (Lipinski definition) is 8. The maximum absolute atomic E-state index is 6.07. The SMILES string of the molecule is CC(C)(S)C[SiH]1O[Si](C)(S)O[Si](C)(S)O[Si](C)(S)O1. The van der Waals surface area contributed by atoms with Crippen molar-refractivity contribution in [3.05, 3.63) is 0 Å². The van der Waals surface area contributed by atoms with Crippen LogP contribution in [0.15, 0.2) is 0 Å². The van der Waals surface area contributed by atoms with Crippen LogP contribution in [0, 0.1) is 0 Å². The Bertz CT molecular complexity index is 314. The molecule has 1 rings (SSSR count). The standard InChI is InChI=1S/C7H22O4S4Si4/c1-7(2,12)6-16-8-17(3,13)10-19(5,15)11-18(4,14)9-16/h12-16H,6H2,1-5H3. The summed E-state index contributed by atoms with van der Waals surface area (Å²) < 4.78 is 23.8. The molecule has 0 N–H and O–H groups in total. The van der Waals surface area contributed by atoms with E-state index in [4.69, 9.17) is 16.5 Å². The van der Waals surface area contributed by atoms with E-state index in [1.165, 1.54) is 0 Å². The molecule has 1 fully saturated rings. The molecule has 1 aliphatic rings. The molecule has 1 heterocycles. The summed E-state index contributed by atoms with van der Waals surface area (Å²) in [4.78, 5) is 0. The monoisotopic (exact) mass is 410 g/mol. The molecular formula is C7H22O4S4Si4. The first-order valence-corrected chi connectivity index (χ1v) is 18.9. The molecule has 0 aromatic heterocycles. The third-order valence-electron chi connectivity index (χ3n) is 2.12. The van der Waals surface area contributed by atoms with Gasteiger partial charge in [-0.05, 0) is 19.6 Å². The lowest BCUT2D eigenvalue weighted by atomic mass is 10.2. The molecule has 0 aromatic carbocycles. The van der Waals surface area contributed by atoms with Crippen molar-refractivity contribution in [2.45, 2.75) is 44.3 Å². The summed E-state index contributed by atoms with van der Waals surface area (Å²) >= 11 is 18.1. The van der Waals surface area contributed by atoms with E-state index in [1.807, 2.05) is 33.5 Å². The third kappa shape index (κ3) is 7.78. The Balaban J connectivity index is 2.92. The summed E-state index contributed by atoms with van der Waals surface area (Å²) in [6.45, 7) is 9.65. The lowest BCUT2D eigenvalue weighted by molar-refractivity contribution is 0.275. The quantitative estimate of drug-likeness (QED) is 0.417. The van der Waals surface area contributed by atoms with Crippen molar-refractivity contribution in [3.8, 4) is 0 Å². The van der Waals surface area contributed by atoms with Gasteiger partial charge in [0.1, 0.15) is 0 Å². The largest absolute Gasteiger partial charge is 0.410 e. The van der Waals surface area contributed by atoms with Gasteiger partial charge in [-0.3, -0.25) is 0 Å². The Morgan fingerprint density at radius 2 is 1.26 bits per heavy atom. The van der Waals surface area contributed by atoms with E-state index in [9.17, 15) is 0 Å². The van der Waals surface area contributed by atoms with Gasteiger partial charge in [0, 0.05) is 10.8 Å². The lowest BCUT2D eigenvalue weighted by Gasteiger charge is -2.42. The Kier molecular flexibility index (Phi) is 6.36. The molecule has 2 atom stereocenters. The minimum Gasteiger partial charge on any atom is -0.410 e. The van der Waals surface area contributed by atoms with Crippen molar-refractivity contribution in [2.75, 3.05) is 0 Å². The van der Waals surface area contributed by atoms with Crippen molar-refractivity contribution in [1.82, 2.24) is 0 Å². The molecule has 12 heteroatoms. The van der Waals surface area contributed by atoms with E-state index >= 15 is 0 Å². The molecule has 1 saturated heterocycles. The Morgan fingerprint density at radius 3 is 1.58 bits per heavy atom. The zero-order valence-electron chi connectivity index (χ0n) is 11.7. The number of rotatable bonds is 2. The summed E-state index contributed by atoms with van der Waals surface area (Å²) in [5.74, 6) is 0. The summed E-state index contributed by atoms with van der Waals surface area (Å²) in [6.07, 6.45) is 0. The van der Waals surface area contributed by atoms with E-state index in [2.05, 4.69) is 48.9 Å². The molecular weight excluding hydrogens is 389 g/mol. The van der Waals surface area contributed by atoms with Crippen LogP contribution >= 0.6 is 48.9 Å². The van der Waals surface area contributed by atoms with Crippen LogP contribution in [-0.4, -0.2) is 37.2 Å². The maximum atomic E-state index is 6.07. The van der Waals surface area contributed by atoms with Crippen molar-refractivity contribution in [2.24, 2.45) is 0 Å². The van der Waals surface area contributed by atoms with E-state index in [0.717, 1.165) is 6.04 Å². The van der Waals surface area contributed by atoms with E-state index < -0.39 is 32.4 Å². The zero-order chi connectivity index (χ0) is 15.1. The minimum atomic E-state index is -2.61. The number of hydrogen-bond donors (Lipinski definition) is 4. The Labute approximate surface area is 141 Å². The van der Waals surface area contributed by atoms with Gasteiger partial charge in [0.25, 0.3) is 0 Å². The molecule has 4 nitrogen and oxygen atoms in total. The highest BCUT2D eigenvalue weighted by molar-refractivity contribution is 8.17. The van der Waals surface area contributed by atoms with Gasteiger partial charge in [-0.1, -0.05) is 13.8 Å². The Hall–Kier alpha value is 2.11. The molecule has 0 radical (unpaired) electrons. The summed E-state index contributed by atoms with van der Waals surface area (Å²) in [7, 11) is -9.79. The second-order valence-corrected chi connectivity index (χ2v) is 24.3. The second kappa shape index (κ2) is 6.31. The van der Waals surface area contributed by atoms with Crippen LogP contribution in [0.2, 0.25) is 25.7 Å². The summed E-state index contributed by atoms with van der Waals surface area (Å²) in [5.41, 5.74) is 0.